The summed E-state index contributed by atoms with van der Waals surface area (Å²) in [6.07, 6.45) is 4.53. The number of rotatable bonds is 5. The number of hydrogen-bond acceptors (Lipinski definition) is 2. The predicted molar refractivity (Wildman–Crippen MR) is 78.5 cm³/mol. The number of oxime groups is 1. The van der Waals surface area contributed by atoms with Crippen LogP contribution >= 0.6 is 0 Å². The quantitative estimate of drug-likeness (QED) is 0.375. The Morgan fingerprint density at radius 1 is 1.42 bits per heavy atom. The van der Waals surface area contributed by atoms with E-state index in [1.54, 1.807) is 0 Å². The number of benzene rings is 1. The average Bonchev–Trinajstić information content (AvgIpc) is 2.80. The van der Waals surface area contributed by atoms with Gasteiger partial charge in [-0.3, -0.25) is 0 Å². The molecule has 1 aromatic carbocycles. The summed E-state index contributed by atoms with van der Waals surface area (Å²) in [6, 6.07) is 7.95. The van der Waals surface area contributed by atoms with Crippen molar-refractivity contribution in [3.8, 4) is 0 Å². The summed E-state index contributed by atoms with van der Waals surface area (Å²) in [7, 11) is 0. The molecule has 0 bridgehead atoms. The summed E-state index contributed by atoms with van der Waals surface area (Å²) in [5.74, 6) is 0.796. The molecule has 1 atom stereocenters. The van der Waals surface area contributed by atoms with Crippen LogP contribution in [0.4, 0.5) is 0 Å². The molecule has 2 rings (SSSR count). The van der Waals surface area contributed by atoms with E-state index < -0.39 is 0 Å². The SMILES string of the molecule is CCCC(C)Cn1ccc2ccc(/C(N)=N/O)cc21. The minimum atomic E-state index is 0.149. The van der Waals surface area contributed by atoms with Crippen LogP contribution in [-0.4, -0.2) is 15.6 Å². The van der Waals surface area contributed by atoms with Crippen molar-refractivity contribution < 1.29 is 5.21 Å². The number of fused-ring (bicyclic) bond motifs is 1. The first-order valence-electron chi connectivity index (χ1n) is 6.72. The van der Waals surface area contributed by atoms with Gasteiger partial charge in [0.05, 0.1) is 0 Å². The topological polar surface area (TPSA) is 63.5 Å². The molecule has 0 amide bonds. The van der Waals surface area contributed by atoms with Gasteiger partial charge < -0.3 is 15.5 Å². The Kier molecular flexibility index (Phi) is 4.10. The number of aromatic nitrogens is 1. The molecule has 0 spiro atoms. The minimum Gasteiger partial charge on any atom is -0.409 e. The van der Waals surface area contributed by atoms with Crippen molar-refractivity contribution in [1.82, 2.24) is 4.57 Å². The van der Waals surface area contributed by atoms with Gasteiger partial charge >= 0.3 is 0 Å². The number of nitrogens with two attached hydrogens (primary N) is 1. The Morgan fingerprint density at radius 3 is 2.89 bits per heavy atom. The maximum atomic E-state index is 8.75. The minimum absolute atomic E-state index is 0.149. The molecule has 0 radical (unpaired) electrons. The molecule has 0 aliphatic carbocycles. The highest BCUT2D eigenvalue weighted by Gasteiger charge is 2.07. The lowest BCUT2D eigenvalue weighted by atomic mass is 10.1. The van der Waals surface area contributed by atoms with E-state index in [-0.39, 0.29) is 5.84 Å². The second-order valence-corrected chi connectivity index (χ2v) is 5.12. The third kappa shape index (κ3) is 2.89. The van der Waals surface area contributed by atoms with Crippen molar-refractivity contribution in [2.24, 2.45) is 16.8 Å². The van der Waals surface area contributed by atoms with E-state index in [9.17, 15) is 0 Å². The fourth-order valence-electron chi connectivity index (χ4n) is 2.48. The van der Waals surface area contributed by atoms with Gasteiger partial charge in [0.1, 0.15) is 0 Å². The summed E-state index contributed by atoms with van der Waals surface area (Å²) < 4.78 is 2.24. The van der Waals surface area contributed by atoms with Crippen LogP contribution in [0.2, 0.25) is 0 Å². The second kappa shape index (κ2) is 5.78. The largest absolute Gasteiger partial charge is 0.409 e. The van der Waals surface area contributed by atoms with Gasteiger partial charge in [0, 0.05) is 23.8 Å². The zero-order valence-electron chi connectivity index (χ0n) is 11.5. The molecule has 1 aromatic heterocycles. The summed E-state index contributed by atoms with van der Waals surface area (Å²) in [6.45, 7) is 5.47. The molecule has 2 aromatic rings. The Labute approximate surface area is 113 Å². The van der Waals surface area contributed by atoms with E-state index >= 15 is 0 Å². The highest BCUT2D eigenvalue weighted by atomic mass is 16.4. The van der Waals surface area contributed by atoms with Crippen LogP contribution in [0.15, 0.2) is 35.6 Å². The van der Waals surface area contributed by atoms with Crippen LogP contribution in [0.1, 0.15) is 32.3 Å². The lowest BCUT2D eigenvalue weighted by molar-refractivity contribution is 0.318. The van der Waals surface area contributed by atoms with Crippen LogP contribution < -0.4 is 5.73 Å². The maximum absolute atomic E-state index is 8.75. The molecular weight excluding hydrogens is 238 g/mol. The molecule has 3 N–H and O–H groups in total. The molecule has 0 fully saturated rings. The van der Waals surface area contributed by atoms with Crippen LogP contribution in [-0.2, 0) is 6.54 Å². The lowest BCUT2D eigenvalue weighted by Crippen LogP contribution is -2.13. The van der Waals surface area contributed by atoms with E-state index in [2.05, 4.69) is 35.8 Å². The van der Waals surface area contributed by atoms with E-state index in [0.29, 0.717) is 5.92 Å². The molecule has 1 unspecified atom stereocenters. The molecule has 0 aliphatic rings. The third-order valence-electron chi connectivity index (χ3n) is 3.47. The summed E-state index contributed by atoms with van der Waals surface area (Å²) in [5, 5.41) is 13.0. The standard InChI is InChI=1S/C15H21N3O/c1-3-4-11(2)10-18-8-7-12-5-6-13(9-14(12)18)15(16)17-19/h5-9,11,19H,3-4,10H2,1-2H3,(H2,16,17). The normalized spacial score (nSPS) is 13.9. The zero-order valence-corrected chi connectivity index (χ0v) is 11.5. The highest BCUT2D eigenvalue weighted by Crippen LogP contribution is 2.20. The average molecular weight is 259 g/mol. The van der Waals surface area contributed by atoms with Gasteiger partial charge in [-0.25, -0.2) is 0 Å². The van der Waals surface area contributed by atoms with Crippen molar-refractivity contribution >= 4 is 16.7 Å². The highest BCUT2D eigenvalue weighted by molar-refractivity contribution is 6.00. The van der Waals surface area contributed by atoms with E-state index in [4.69, 9.17) is 10.9 Å². The van der Waals surface area contributed by atoms with Gasteiger partial charge in [-0.15, -0.1) is 0 Å². The van der Waals surface area contributed by atoms with Gasteiger partial charge in [0.2, 0.25) is 0 Å². The van der Waals surface area contributed by atoms with Crippen molar-refractivity contribution in [2.75, 3.05) is 0 Å². The summed E-state index contributed by atoms with van der Waals surface area (Å²) >= 11 is 0. The van der Waals surface area contributed by atoms with Gasteiger partial charge in [0.15, 0.2) is 5.84 Å². The summed E-state index contributed by atoms with van der Waals surface area (Å²) in [5.41, 5.74) is 7.52. The number of nitrogens with zero attached hydrogens (tertiary/aromatic N) is 2. The molecule has 19 heavy (non-hydrogen) atoms. The van der Waals surface area contributed by atoms with E-state index in [1.807, 2.05) is 18.2 Å². The van der Waals surface area contributed by atoms with Crippen LogP contribution in [0.5, 0.6) is 0 Å². The maximum Gasteiger partial charge on any atom is 0.170 e. The van der Waals surface area contributed by atoms with E-state index in [1.165, 1.54) is 18.2 Å². The van der Waals surface area contributed by atoms with Gasteiger partial charge in [-0.05, 0) is 29.9 Å². The first kappa shape index (κ1) is 13.5. The van der Waals surface area contributed by atoms with Crippen LogP contribution in [0, 0.1) is 5.92 Å². The zero-order chi connectivity index (χ0) is 13.8. The van der Waals surface area contributed by atoms with Gasteiger partial charge in [-0.1, -0.05) is 37.6 Å². The van der Waals surface area contributed by atoms with Gasteiger partial charge in [0.25, 0.3) is 0 Å². The van der Waals surface area contributed by atoms with Crippen molar-refractivity contribution in [3.05, 3.63) is 36.0 Å². The Balaban J connectivity index is 2.34. The van der Waals surface area contributed by atoms with Crippen molar-refractivity contribution in [3.63, 3.8) is 0 Å². The summed E-state index contributed by atoms with van der Waals surface area (Å²) in [4.78, 5) is 0. The third-order valence-corrected chi connectivity index (χ3v) is 3.47. The first-order chi connectivity index (χ1) is 9.15. The molecule has 0 saturated carbocycles. The monoisotopic (exact) mass is 259 g/mol. The Bertz CT molecular complexity index is 586. The molecule has 4 heteroatoms. The van der Waals surface area contributed by atoms with E-state index in [0.717, 1.165) is 17.6 Å². The first-order valence-corrected chi connectivity index (χ1v) is 6.72. The van der Waals surface area contributed by atoms with Gasteiger partial charge in [-0.2, -0.15) is 0 Å². The van der Waals surface area contributed by atoms with Crippen molar-refractivity contribution in [2.45, 2.75) is 33.2 Å². The lowest BCUT2D eigenvalue weighted by Gasteiger charge is -2.12. The second-order valence-electron chi connectivity index (χ2n) is 5.12. The molecule has 1 heterocycles. The molecule has 4 nitrogen and oxygen atoms in total. The Morgan fingerprint density at radius 2 is 2.21 bits per heavy atom. The number of amidine groups is 1. The molecule has 102 valence electrons. The molecule has 0 aliphatic heterocycles. The number of hydrogen-bond donors (Lipinski definition) is 2. The van der Waals surface area contributed by atoms with Crippen molar-refractivity contribution in [1.29, 1.82) is 0 Å². The Hall–Kier alpha value is -1.97. The molecule has 0 saturated heterocycles. The van der Waals surface area contributed by atoms with Crippen LogP contribution in [0.25, 0.3) is 10.9 Å². The molecular formula is C15H21N3O. The fraction of sp³-hybridized carbons (Fsp3) is 0.400. The predicted octanol–water partition coefficient (Wildman–Crippen LogP) is 3.17. The fourth-order valence-corrected chi connectivity index (χ4v) is 2.48. The smallest absolute Gasteiger partial charge is 0.170 e. The van der Waals surface area contributed by atoms with Crippen LogP contribution in [0.3, 0.4) is 0 Å².